The van der Waals surface area contributed by atoms with Gasteiger partial charge in [-0.1, -0.05) is 59.8 Å². The number of phenols is 1. The Hall–Kier alpha value is -3.78. The monoisotopic (exact) mass is 460 g/mol. The number of nitrogens with zero attached hydrogens (tertiary/aromatic N) is 3. The lowest BCUT2D eigenvalue weighted by Crippen LogP contribution is -2.20. The van der Waals surface area contributed by atoms with Crippen LogP contribution in [-0.2, 0) is 11.3 Å². The number of carbonyl (C=O) groups excluding carboxylic acids is 1. The number of fused-ring (bicyclic) bond motifs is 1. The second-order valence-electron chi connectivity index (χ2n) is 7.43. The number of hydrogen-bond acceptors (Lipinski definition) is 6. The Morgan fingerprint density at radius 3 is 2.73 bits per heavy atom. The van der Waals surface area contributed by atoms with Gasteiger partial charge in [-0.3, -0.25) is 4.79 Å². The summed E-state index contributed by atoms with van der Waals surface area (Å²) in [6.45, 7) is 2.73. The van der Waals surface area contributed by atoms with E-state index in [0.29, 0.717) is 17.9 Å². The van der Waals surface area contributed by atoms with Crippen molar-refractivity contribution in [3.8, 4) is 11.5 Å². The molecule has 0 unspecified atom stereocenters. The molecule has 0 saturated heterocycles. The van der Waals surface area contributed by atoms with E-state index in [-0.39, 0.29) is 17.4 Å². The molecule has 8 heteroatoms. The van der Waals surface area contributed by atoms with Gasteiger partial charge in [0.05, 0.1) is 36.7 Å². The highest BCUT2D eigenvalue weighted by Crippen LogP contribution is 2.28. The van der Waals surface area contributed by atoms with Crippen molar-refractivity contribution in [3.63, 3.8) is 0 Å². The Balaban J connectivity index is 1.44. The fraction of sp³-hybridized carbons (Fsp3) is 0.160. The van der Waals surface area contributed by atoms with Crippen LogP contribution in [0, 0.1) is 6.92 Å². The van der Waals surface area contributed by atoms with E-state index >= 15 is 0 Å². The lowest BCUT2D eigenvalue weighted by atomic mass is 10.1. The number of thioether (sulfide) groups is 1. The molecule has 4 aromatic rings. The minimum atomic E-state index is -0.271. The highest BCUT2D eigenvalue weighted by atomic mass is 32.2. The maximum absolute atomic E-state index is 12.4. The molecule has 7 nitrogen and oxygen atoms in total. The van der Waals surface area contributed by atoms with Crippen LogP contribution in [0.25, 0.3) is 11.0 Å². The molecule has 0 aliphatic rings. The molecule has 0 aliphatic heterocycles. The normalized spacial score (nSPS) is 11.2. The Labute approximate surface area is 196 Å². The first-order valence-electron chi connectivity index (χ1n) is 10.4. The Morgan fingerprint density at radius 1 is 1.15 bits per heavy atom. The molecular formula is C25H24N4O3S. The second-order valence-corrected chi connectivity index (χ2v) is 8.38. The molecule has 4 rings (SSSR count). The summed E-state index contributed by atoms with van der Waals surface area (Å²) in [6, 6.07) is 21.4. The number of imidazole rings is 1. The van der Waals surface area contributed by atoms with E-state index in [1.54, 1.807) is 18.2 Å². The zero-order valence-electron chi connectivity index (χ0n) is 18.4. The smallest absolute Gasteiger partial charge is 0.250 e. The van der Waals surface area contributed by atoms with Gasteiger partial charge < -0.3 is 14.4 Å². The number of aromatic hydroxyl groups is 1. The maximum atomic E-state index is 12.4. The lowest BCUT2D eigenvalue weighted by molar-refractivity contribution is -0.118. The standard InChI is InChI=1S/C25H24N4O3S/c1-17-10-12-18(13-11-17)15-29-21-8-4-3-7-20(21)27-25(29)33-16-23(30)28-26-14-19-6-5-9-22(32-2)24(19)31/h3-14,31H,15-16H2,1-2H3,(H,28,30)/b26-14-. The number of rotatable bonds is 8. The molecule has 0 bridgehead atoms. The predicted molar refractivity (Wildman–Crippen MR) is 131 cm³/mol. The summed E-state index contributed by atoms with van der Waals surface area (Å²) in [5.74, 6) is 0.191. The second kappa shape index (κ2) is 10.2. The van der Waals surface area contributed by atoms with E-state index in [1.807, 2.05) is 24.3 Å². The topological polar surface area (TPSA) is 88.7 Å². The van der Waals surface area contributed by atoms with Gasteiger partial charge in [0.2, 0.25) is 0 Å². The largest absolute Gasteiger partial charge is 0.504 e. The lowest BCUT2D eigenvalue weighted by Gasteiger charge is -2.09. The minimum absolute atomic E-state index is 0.0304. The number of hydrogen-bond donors (Lipinski definition) is 2. The van der Waals surface area contributed by atoms with Crippen LogP contribution in [0.5, 0.6) is 11.5 Å². The van der Waals surface area contributed by atoms with Crippen LogP contribution >= 0.6 is 11.8 Å². The molecule has 1 heterocycles. The van der Waals surface area contributed by atoms with Gasteiger partial charge in [-0.25, -0.2) is 10.4 Å². The fourth-order valence-electron chi connectivity index (χ4n) is 3.34. The van der Waals surface area contributed by atoms with E-state index in [9.17, 15) is 9.90 Å². The Morgan fingerprint density at radius 2 is 1.94 bits per heavy atom. The van der Waals surface area contributed by atoms with Crippen LogP contribution in [0.3, 0.4) is 0 Å². The highest BCUT2D eigenvalue weighted by Gasteiger charge is 2.13. The number of methoxy groups -OCH3 is 1. The Kier molecular flexibility index (Phi) is 6.95. The number of phenolic OH excluding ortho intramolecular Hbond substituents is 1. The van der Waals surface area contributed by atoms with Gasteiger partial charge in [0.15, 0.2) is 16.7 Å². The molecule has 3 aromatic carbocycles. The first kappa shape index (κ1) is 22.4. The molecule has 0 saturated carbocycles. The number of aryl methyl sites for hydroxylation is 1. The predicted octanol–water partition coefficient (Wildman–Crippen LogP) is 4.35. The van der Waals surface area contributed by atoms with E-state index in [2.05, 4.69) is 46.3 Å². The molecule has 0 aliphatic carbocycles. The van der Waals surface area contributed by atoms with Crippen LogP contribution < -0.4 is 10.2 Å². The van der Waals surface area contributed by atoms with E-state index in [1.165, 1.54) is 30.6 Å². The van der Waals surface area contributed by atoms with Crippen molar-refractivity contribution in [2.45, 2.75) is 18.6 Å². The third-order valence-electron chi connectivity index (χ3n) is 5.06. The summed E-state index contributed by atoms with van der Waals surface area (Å²) in [5, 5.41) is 14.8. The fourth-order valence-corrected chi connectivity index (χ4v) is 4.14. The first-order valence-corrected chi connectivity index (χ1v) is 11.3. The van der Waals surface area contributed by atoms with Gasteiger partial charge in [-0.05, 0) is 36.8 Å². The van der Waals surface area contributed by atoms with Crippen LogP contribution in [-0.4, -0.2) is 39.6 Å². The third kappa shape index (κ3) is 5.35. The summed E-state index contributed by atoms with van der Waals surface area (Å²) in [6.07, 6.45) is 1.38. The van der Waals surface area contributed by atoms with Crippen LogP contribution in [0.4, 0.5) is 0 Å². The third-order valence-corrected chi connectivity index (χ3v) is 6.03. The van der Waals surface area contributed by atoms with Crippen molar-refractivity contribution in [2.75, 3.05) is 12.9 Å². The average molecular weight is 461 g/mol. The van der Waals surface area contributed by atoms with Crippen LogP contribution in [0.15, 0.2) is 77.0 Å². The van der Waals surface area contributed by atoms with Crippen molar-refractivity contribution in [1.82, 2.24) is 15.0 Å². The number of amides is 1. The summed E-state index contributed by atoms with van der Waals surface area (Å²) in [4.78, 5) is 17.1. The molecule has 0 spiro atoms. The van der Waals surface area contributed by atoms with E-state index in [4.69, 9.17) is 9.72 Å². The quantitative estimate of drug-likeness (QED) is 0.232. The van der Waals surface area contributed by atoms with Crippen molar-refractivity contribution in [2.24, 2.45) is 5.10 Å². The van der Waals surface area contributed by atoms with Crippen molar-refractivity contribution < 1.29 is 14.6 Å². The molecule has 0 atom stereocenters. The van der Waals surface area contributed by atoms with Gasteiger partial charge in [-0.15, -0.1) is 0 Å². The summed E-state index contributed by atoms with van der Waals surface area (Å²) < 4.78 is 7.19. The summed E-state index contributed by atoms with van der Waals surface area (Å²) >= 11 is 1.36. The number of hydrazone groups is 1. The first-order chi connectivity index (χ1) is 16.0. The van der Waals surface area contributed by atoms with Crippen molar-refractivity contribution in [3.05, 3.63) is 83.4 Å². The molecule has 0 radical (unpaired) electrons. The molecule has 1 amide bonds. The minimum Gasteiger partial charge on any atom is -0.504 e. The highest BCUT2D eigenvalue weighted by molar-refractivity contribution is 7.99. The zero-order chi connectivity index (χ0) is 23.2. The van der Waals surface area contributed by atoms with Gasteiger partial charge >= 0.3 is 0 Å². The molecule has 1 aromatic heterocycles. The Bertz CT molecular complexity index is 1300. The van der Waals surface area contributed by atoms with E-state index in [0.717, 1.165) is 21.8 Å². The molecule has 2 N–H and O–H groups in total. The number of para-hydroxylation sites is 3. The number of ether oxygens (including phenoxy) is 1. The number of carbonyl (C=O) groups is 1. The average Bonchev–Trinajstić information content (AvgIpc) is 3.17. The van der Waals surface area contributed by atoms with Crippen molar-refractivity contribution in [1.29, 1.82) is 0 Å². The maximum Gasteiger partial charge on any atom is 0.250 e. The molecule has 0 fully saturated rings. The van der Waals surface area contributed by atoms with E-state index < -0.39 is 0 Å². The zero-order valence-corrected chi connectivity index (χ0v) is 19.2. The molecule has 168 valence electrons. The molecule has 33 heavy (non-hydrogen) atoms. The van der Waals surface area contributed by atoms with Gasteiger partial charge in [-0.2, -0.15) is 5.10 Å². The van der Waals surface area contributed by atoms with Crippen molar-refractivity contribution >= 4 is 34.9 Å². The summed E-state index contributed by atoms with van der Waals surface area (Å²) in [7, 11) is 1.47. The number of aromatic nitrogens is 2. The molecular weight excluding hydrogens is 436 g/mol. The van der Waals surface area contributed by atoms with Gasteiger partial charge in [0.1, 0.15) is 0 Å². The number of nitrogens with one attached hydrogen (secondary N) is 1. The number of benzene rings is 3. The SMILES string of the molecule is COc1cccc(/C=N\NC(=O)CSc2nc3ccccc3n2Cc2ccc(C)cc2)c1O. The van der Waals surface area contributed by atoms with Gasteiger partial charge in [0, 0.05) is 5.56 Å². The van der Waals surface area contributed by atoms with Gasteiger partial charge in [0.25, 0.3) is 5.91 Å². The van der Waals surface area contributed by atoms with Crippen LogP contribution in [0.1, 0.15) is 16.7 Å². The summed E-state index contributed by atoms with van der Waals surface area (Å²) in [5.41, 5.74) is 7.23. The van der Waals surface area contributed by atoms with Crippen LogP contribution in [0.2, 0.25) is 0 Å².